The molecule has 6 nitrogen and oxygen atoms in total. The Labute approximate surface area is 309 Å². The van der Waals surface area contributed by atoms with Gasteiger partial charge in [-0.3, -0.25) is 4.68 Å². The summed E-state index contributed by atoms with van der Waals surface area (Å²) in [6.45, 7) is 15.2. The fourth-order valence-electron chi connectivity index (χ4n) is 6.48. The van der Waals surface area contributed by atoms with Gasteiger partial charge >= 0.3 is 21.1 Å². The minimum Gasteiger partial charge on any atom is -0.509 e. The Kier molecular flexibility index (Phi) is 10.0. The molecule has 7 heteroatoms. The standard InChI is InChI=1S/C43H42N4O2.Pt/c1-8-37-41(30-19-17-29(5)18-20-30)42(43(6,7)9-2)47(45-37)31-13-12-14-32(25-31)49-33-21-22-36-35-15-10-11-16-38(35)46(39(36)26-33)40-27-34(23-24-44-40)48-28(3)4;/h10-24,27-28H,8-9H2,1-7H3;/q-2;+2. The number of hydrogen-bond acceptors (Lipinski definition) is 4. The fourth-order valence-corrected chi connectivity index (χ4v) is 6.48. The summed E-state index contributed by atoms with van der Waals surface area (Å²) >= 11 is 0. The Morgan fingerprint density at radius 2 is 1.60 bits per heavy atom. The maximum absolute atomic E-state index is 6.51. The number of pyridine rings is 1. The van der Waals surface area contributed by atoms with E-state index in [1.165, 1.54) is 22.4 Å². The van der Waals surface area contributed by atoms with Crippen LogP contribution in [0.3, 0.4) is 0 Å². The van der Waals surface area contributed by atoms with E-state index in [-0.39, 0.29) is 32.6 Å². The van der Waals surface area contributed by atoms with Gasteiger partial charge in [-0.05, 0) is 62.4 Å². The number of fused-ring (bicyclic) bond motifs is 3. The molecule has 0 aliphatic carbocycles. The molecule has 3 aromatic heterocycles. The molecule has 256 valence electrons. The number of rotatable bonds is 10. The Morgan fingerprint density at radius 1 is 0.840 bits per heavy atom. The van der Waals surface area contributed by atoms with Crippen LogP contribution in [0.5, 0.6) is 17.2 Å². The predicted molar refractivity (Wildman–Crippen MR) is 199 cm³/mol. The summed E-state index contributed by atoms with van der Waals surface area (Å²) in [5.74, 6) is 2.70. The fraction of sp³-hybridized carbons (Fsp3) is 0.256. The van der Waals surface area contributed by atoms with E-state index in [2.05, 4.69) is 111 Å². The molecule has 0 spiro atoms. The van der Waals surface area contributed by atoms with E-state index in [0.717, 1.165) is 57.6 Å². The van der Waals surface area contributed by atoms with Crippen molar-refractivity contribution in [3.63, 3.8) is 0 Å². The van der Waals surface area contributed by atoms with Crippen LogP contribution in [0.2, 0.25) is 0 Å². The molecule has 0 unspecified atom stereocenters. The van der Waals surface area contributed by atoms with Gasteiger partial charge < -0.3 is 14.0 Å². The molecule has 7 aromatic rings. The molecular formula is C43H42N4O2Pt. The number of benzene rings is 4. The van der Waals surface area contributed by atoms with Crippen LogP contribution in [0.25, 0.3) is 44.4 Å². The van der Waals surface area contributed by atoms with Crippen LogP contribution in [-0.2, 0) is 32.9 Å². The van der Waals surface area contributed by atoms with Crippen molar-refractivity contribution in [2.75, 3.05) is 0 Å². The summed E-state index contributed by atoms with van der Waals surface area (Å²) < 4.78 is 16.7. The summed E-state index contributed by atoms with van der Waals surface area (Å²) in [4.78, 5) is 4.73. The summed E-state index contributed by atoms with van der Waals surface area (Å²) in [5.41, 5.74) is 8.49. The second-order valence-electron chi connectivity index (χ2n) is 13.5. The molecule has 0 aliphatic heterocycles. The second-order valence-corrected chi connectivity index (χ2v) is 13.5. The van der Waals surface area contributed by atoms with E-state index in [4.69, 9.17) is 19.6 Å². The average molecular weight is 842 g/mol. The third-order valence-corrected chi connectivity index (χ3v) is 9.23. The zero-order valence-electron chi connectivity index (χ0n) is 29.7. The Morgan fingerprint density at radius 3 is 2.34 bits per heavy atom. The third-order valence-electron chi connectivity index (χ3n) is 9.23. The van der Waals surface area contributed by atoms with Crippen molar-refractivity contribution in [1.29, 1.82) is 0 Å². The summed E-state index contributed by atoms with van der Waals surface area (Å²) in [7, 11) is 0. The molecule has 0 saturated heterocycles. The Balaban J connectivity index is 0.00000432. The average Bonchev–Trinajstić information content (AvgIpc) is 3.65. The minimum atomic E-state index is -0.136. The van der Waals surface area contributed by atoms with Gasteiger partial charge in [0.05, 0.1) is 17.5 Å². The van der Waals surface area contributed by atoms with Gasteiger partial charge in [0.2, 0.25) is 0 Å². The molecule has 0 N–H and O–H groups in total. The molecule has 50 heavy (non-hydrogen) atoms. The zero-order valence-corrected chi connectivity index (χ0v) is 31.9. The van der Waals surface area contributed by atoms with Gasteiger partial charge in [-0.2, -0.15) is 17.2 Å². The SMILES string of the molecule is CCc1nn(-c2[c-]c(Oc3[c-]c4c(cc3)c3ccccc3n4-c3cc(OC(C)C)ccn3)ccc2)c(C(C)(C)CC)c1-c1ccc(C)cc1.[Pt+2]. The van der Waals surface area contributed by atoms with E-state index in [1.54, 1.807) is 6.20 Å². The number of ether oxygens (including phenoxy) is 2. The molecule has 0 atom stereocenters. The van der Waals surface area contributed by atoms with E-state index >= 15 is 0 Å². The van der Waals surface area contributed by atoms with Crippen LogP contribution < -0.4 is 9.47 Å². The van der Waals surface area contributed by atoms with Crippen molar-refractivity contribution in [3.05, 3.63) is 126 Å². The molecule has 3 heterocycles. The molecule has 0 aliphatic rings. The quantitative estimate of drug-likeness (QED) is 0.129. The Hall–Kier alpha value is -4.67. The molecule has 4 aromatic carbocycles. The summed E-state index contributed by atoms with van der Waals surface area (Å²) in [5, 5.41) is 7.38. The van der Waals surface area contributed by atoms with Gasteiger partial charge in [0.1, 0.15) is 11.6 Å². The smallest absolute Gasteiger partial charge is 0.509 e. The normalized spacial score (nSPS) is 11.7. The van der Waals surface area contributed by atoms with Crippen molar-refractivity contribution in [2.24, 2.45) is 0 Å². The first-order valence-corrected chi connectivity index (χ1v) is 17.2. The van der Waals surface area contributed by atoms with Gasteiger partial charge in [-0.15, -0.1) is 35.7 Å². The van der Waals surface area contributed by atoms with Crippen molar-refractivity contribution < 1.29 is 30.5 Å². The first-order valence-electron chi connectivity index (χ1n) is 17.2. The van der Waals surface area contributed by atoms with Crippen LogP contribution >= 0.6 is 0 Å². The van der Waals surface area contributed by atoms with Crippen molar-refractivity contribution in [1.82, 2.24) is 19.3 Å². The van der Waals surface area contributed by atoms with Crippen molar-refractivity contribution in [3.8, 4) is 39.9 Å². The van der Waals surface area contributed by atoms with Crippen LogP contribution in [0.4, 0.5) is 0 Å². The molecule has 0 bridgehead atoms. The molecule has 0 fully saturated rings. The van der Waals surface area contributed by atoms with E-state index in [0.29, 0.717) is 11.5 Å². The van der Waals surface area contributed by atoms with Crippen LogP contribution in [0.1, 0.15) is 64.9 Å². The number of aromatic nitrogens is 4. The van der Waals surface area contributed by atoms with Gasteiger partial charge in [-0.25, -0.2) is 4.98 Å². The van der Waals surface area contributed by atoms with Crippen molar-refractivity contribution >= 4 is 21.8 Å². The van der Waals surface area contributed by atoms with Crippen LogP contribution in [0, 0.1) is 19.1 Å². The van der Waals surface area contributed by atoms with E-state index in [1.807, 2.05) is 50.2 Å². The minimum absolute atomic E-state index is 0. The number of para-hydroxylation sites is 1. The molecule has 0 radical (unpaired) electrons. The topological polar surface area (TPSA) is 54.1 Å². The number of aryl methyl sites for hydroxylation is 2. The Bertz CT molecular complexity index is 2280. The number of hydrogen-bond donors (Lipinski definition) is 0. The molecule has 7 rings (SSSR count). The first-order chi connectivity index (χ1) is 23.7. The molecular weight excluding hydrogens is 800 g/mol. The van der Waals surface area contributed by atoms with Gasteiger partial charge in [0.25, 0.3) is 0 Å². The monoisotopic (exact) mass is 841 g/mol. The molecule has 0 amide bonds. The van der Waals surface area contributed by atoms with Gasteiger partial charge in [0, 0.05) is 40.3 Å². The molecule has 0 saturated carbocycles. The third kappa shape index (κ3) is 6.62. The summed E-state index contributed by atoms with van der Waals surface area (Å²) in [6, 6.07) is 38.1. The van der Waals surface area contributed by atoms with Gasteiger partial charge in [0.15, 0.2) is 0 Å². The summed E-state index contributed by atoms with van der Waals surface area (Å²) in [6.07, 6.45) is 3.62. The zero-order chi connectivity index (χ0) is 34.3. The largest absolute Gasteiger partial charge is 2.00 e. The maximum Gasteiger partial charge on any atom is 2.00 e. The maximum atomic E-state index is 6.51. The second kappa shape index (κ2) is 14.3. The van der Waals surface area contributed by atoms with Crippen LogP contribution in [0.15, 0.2) is 97.2 Å². The predicted octanol–water partition coefficient (Wildman–Crippen LogP) is 10.8. The first kappa shape index (κ1) is 35.2. The van der Waals surface area contributed by atoms with E-state index < -0.39 is 0 Å². The van der Waals surface area contributed by atoms with E-state index in [9.17, 15) is 0 Å². The van der Waals surface area contributed by atoms with Gasteiger partial charge in [-0.1, -0.05) is 81.2 Å². The number of nitrogens with zero attached hydrogens (tertiary/aromatic N) is 4. The van der Waals surface area contributed by atoms with Crippen LogP contribution in [-0.4, -0.2) is 25.4 Å². The van der Waals surface area contributed by atoms with Crippen molar-refractivity contribution in [2.45, 2.75) is 72.8 Å².